The summed E-state index contributed by atoms with van der Waals surface area (Å²) in [7, 11) is 0. The molecule has 0 atom stereocenters. The highest BCUT2D eigenvalue weighted by atomic mass is 35.5. The van der Waals surface area contributed by atoms with Crippen molar-refractivity contribution in [2.75, 3.05) is 31.1 Å². The number of hydrogen-bond donors (Lipinski definition) is 0. The molecular weight excluding hydrogens is 436 g/mol. The van der Waals surface area contributed by atoms with Gasteiger partial charge in [0.2, 0.25) is 5.28 Å². The summed E-state index contributed by atoms with van der Waals surface area (Å²) in [6.07, 6.45) is 0.964. The molecule has 2 aromatic heterocycles. The Labute approximate surface area is 198 Å². The zero-order valence-electron chi connectivity index (χ0n) is 18.5. The first-order chi connectivity index (χ1) is 15.6. The van der Waals surface area contributed by atoms with Gasteiger partial charge in [-0.1, -0.05) is 67.1 Å². The smallest absolute Gasteiger partial charge is 0.225 e. The van der Waals surface area contributed by atoms with Crippen molar-refractivity contribution in [3.8, 4) is 11.1 Å². The second-order valence-corrected chi connectivity index (χ2v) is 9.79. The summed E-state index contributed by atoms with van der Waals surface area (Å²) in [5, 5.41) is 1.48. The van der Waals surface area contributed by atoms with E-state index in [9.17, 15) is 0 Å². The van der Waals surface area contributed by atoms with Crippen LogP contribution in [0.25, 0.3) is 21.3 Å². The van der Waals surface area contributed by atoms with Crippen molar-refractivity contribution in [3.63, 3.8) is 0 Å². The van der Waals surface area contributed by atoms with Gasteiger partial charge in [-0.3, -0.25) is 4.90 Å². The Morgan fingerprint density at radius 3 is 2.34 bits per heavy atom. The lowest BCUT2D eigenvalue weighted by atomic mass is 10.0. The Hall–Kier alpha value is -2.47. The number of aromatic nitrogens is 2. The Balaban J connectivity index is 1.49. The summed E-state index contributed by atoms with van der Waals surface area (Å²) in [6, 6.07) is 19.5. The third kappa shape index (κ3) is 4.25. The maximum absolute atomic E-state index is 6.40. The van der Waals surface area contributed by atoms with E-state index in [1.165, 1.54) is 27.1 Å². The second-order valence-electron chi connectivity index (χ2n) is 8.37. The average molecular weight is 463 g/mol. The van der Waals surface area contributed by atoms with Gasteiger partial charge in [0.15, 0.2) is 0 Å². The van der Waals surface area contributed by atoms with E-state index in [1.807, 2.05) is 0 Å². The van der Waals surface area contributed by atoms with Crippen LogP contribution in [0.5, 0.6) is 0 Å². The first kappa shape index (κ1) is 21.4. The Bertz CT molecular complexity index is 1210. The van der Waals surface area contributed by atoms with Crippen LogP contribution >= 0.6 is 22.9 Å². The number of nitrogens with zero attached hydrogens (tertiary/aromatic N) is 4. The van der Waals surface area contributed by atoms with E-state index in [0.29, 0.717) is 5.28 Å². The minimum atomic E-state index is 0.332. The number of rotatable bonds is 5. The van der Waals surface area contributed by atoms with Gasteiger partial charge in [-0.2, -0.15) is 4.98 Å². The number of hydrogen-bond acceptors (Lipinski definition) is 5. The fraction of sp³-hybridized carbons (Fsp3) is 0.308. The van der Waals surface area contributed by atoms with Crippen LogP contribution in [0.4, 0.5) is 5.82 Å². The molecule has 164 valence electrons. The van der Waals surface area contributed by atoms with E-state index in [-0.39, 0.29) is 0 Å². The third-order valence-electron chi connectivity index (χ3n) is 6.16. The minimum Gasteiger partial charge on any atom is -0.353 e. The molecule has 0 amide bonds. The average Bonchev–Trinajstić information content (AvgIpc) is 3.18. The van der Waals surface area contributed by atoms with Crippen LogP contribution in [-0.2, 0) is 13.0 Å². The maximum Gasteiger partial charge on any atom is 0.225 e. The summed E-state index contributed by atoms with van der Waals surface area (Å²) in [4.78, 5) is 16.6. The molecule has 5 rings (SSSR count). The summed E-state index contributed by atoms with van der Waals surface area (Å²) in [5.74, 6) is 0.978. The Morgan fingerprint density at radius 2 is 1.66 bits per heavy atom. The minimum absolute atomic E-state index is 0.332. The van der Waals surface area contributed by atoms with Crippen LogP contribution in [-0.4, -0.2) is 41.0 Å². The Morgan fingerprint density at radius 1 is 0.938 bits per heavy atom. The van der Waals surface area contributed by atoms with Crippen molar-refractivity contribution in [3.05, 3.63) is 75.9 Å². The van der Waals surface area contributed by atoms with Gasteiger partial charge in [0.05, 0.1) is 5.39 Å². The molecule has 0 bridgehead atoms. The highest BCUT2D eigenvalue weighted by molar-refractivity contribution is 7.19. The standard InChI is InChI=1S/C26H27ClN4S/c1-3-21-22(20-11-9-18(2)10-12-20)23-24(28-26(27)29-25(23)32-21)31-15-13-30(14-16-31)17-19-7-5-4-6-8-19/h4-12H,3,13-17H2,1-2H3. The van der Waals surface area contributed by atoms with Crippen molar-refractivity contribution >= 4 is 39.0 Å². The first-order valence-corrected chi connectivity index (χ1v) is 12.4. The molecule has 0 unspecified atom stereocenters. The summed E-state index contributed by atoms with van der Waals surface area (Å²) in [6.45, 7) is 9.19. The lowest BCUT2D eigenvalue weighted by Gasteiger charge is -2.35. The van der Waals surface area contributed by atoms with E-state index in [0.717, 1.165) is 55.2 Å². The molecule has 4 nitrogen and oxygen atoms in total. The van der Waals surface area contributed by atoms with Gasteiger partial charge in [0, 0.05) is 43.2 Å². The maximum atomic E-state index is 6.40. The molecule has 4 aromatic rings. The SMILES string of the molecule is CCc1sc2nc(Cl)nc(N3CCN(Cc4ccccc4)CC3)c2c1-c1ccc(C)cc1. The van der Waals surface area contributed by atoms with Crippen molar-refractivity contribution in [1.29, 1.82) is 0 Å². The van der Waals surface area contributed by atoms with Crippen LogP contribution in [0.1, 0.15) is 22.9 Å². The molecule has 1 aliphatic rings. The van der Waals surface area contributed by atoms with E-state index < -0.39 is 0 Å². The first-order valence-electron chi connectivity index (χ1n) is 11.2. The van der Waals surface area contributed by atoms with E-state index in [2.05, 4.69) is 83.2 Å². The largest absolute Gasteiger partial charge is 0.353 e. The Kier molecular flexibility index (Phi) is 6.13. The number of thiophene rings is 1. The lowest BCUT2D eigenvalue weighted by molar-refractivity contribution is 0.249. The normalized spacial score (nSPS) is 14.9. The molecule has 3 heterocycles. The highest BCUT2D eigenvalue weighted by Gasteiger charge is 2.25. The van der Waals surface area contributed by atoms with Gasteiger partial charge in [-0.25, -0.2) is 4.98 Å². The zero-order chi connectivity index (χ0) is 22.1. The molecular formula is C26H27ClN4S. The van der Waals surface area contributed by atoms with E-state index in [4.69, 9.17) is 16.6 Å². The number of benzene rings is 2. The number of anilines is 1. The molecule has 1 fully saturated rings. The van der Waals surface area contributed by atoms with Crippen LogP contribution in [0.3, 0.4) is 0 Å². The highest BCUT2D eigenvalue weighted by Crippen LogP contribution is 2.43. The van der Waals surface area contributed by atoms with Crippen LogP contribution < -0.4 is 4.90 Å². The van der Waals surface area contributed by atoms with Crippen LogP contribution in [0.15, 0.2) is 54.6 Å². The number of fused-ring (bicyclic) bond motifs is 1. The molecule has 32 heavy (non-hydrogen) atoms. The summed E-state index contributed by atoms with van der Waals surface area (Å²) >= 11 is 8.14. The number of piperazine rings is 1. The fourth-order valence-corrected chi connectivity index (χ4v) is 5.81. The molecule has 2 aromatic carbocycles. The van der Waals surface area contributed by atoms with E-state index in [1.54, 1.807) is 11.3 Å². The lowest BCUT2D eigenvalue weighted by Crippen LogP contribution is -2.46. The predicted octanol–water partition coefficient (Wildman–Crippen LogP) is 6.20. The van der Waals surface area contributed by atoms with Crippen molar-refractivity contribution in [1.82, 2.24) is 14.9 Å². The predicted molar refractivity (Wildman–Crippen MR) is 136 cm³/mol. The monoisotopic (exact) mass is 462 g/mol. The van der Waals surface area contributed by atoms with Crippen molar-refractivity contribution in [2.24, 2.45) is 0 Å². The zero-order valence-corrected chi connectivity index (χ0v) is 20.1. The molecule has 6 heteroatoms. The topological polar surface area (TPSA) is 32.3 Å². The molecule has 0 spiro atoms. The van der Waals surface area contributed by atoms with Crippen LogP contribution in [0.2, 0.25) is 5.28 Å². The molecule has 0 radical (unpaired) electrons. The molecule has 0 saturated carbocycles. The molecule has 1 saturated heterocycles. The van der Waals surface area contributed by atoms with Gasteiger partial charge < -0.3 is 4.90 Å². The quantitative estimate of drug-likeness (QED) is 0.330. The fourth-order valence-electron chi connectivity index (χ4n) is 4.47. The van der Waals surface area contributed by atoms with Gasteiger partial charge in [-0.05, 0) is 36.1 Å². The summed E-state index contributed by atoms with van der Waals surface area (Å²) < 4.78 is 0. The number of aryl methyl sites for hydroxylation is 2. The van der Waals surface area contributed by atoms with Crippen molar-refractivity contribution in [2.45, 2.75) is 26.8 Å². The van der Waals surface area contributed by atoms with Gasteiger partial charge >= 0.3 is 0 Å². The molecule has 0 aliphatic carbocycles. The van der Waals surface area contributed by atoms with Gasteiger partial charge in [0.25, 0.3) is 0 Å². The number of halogens is 1. The molecule has 1 aliphatic heterocycles. The summed E-state index contributed by atoms with van der Waals surface area (Å²) in [5.41, 5.74) is 5.13. The van der Waals surface area contributed by atoms with Gasteiger partial charge in [-0.15, -0.1) is 11.3 Å². The molecule has 0 N–H and O–H groups in total. The second kappa shape index (κ2) is 9.18. The van der Waals surface area contributed by atoms with Gasteiger partial charge in [0.1, 0.15) is 10.6 Å². The van der Waals surface area contributed by atoms with Crippen molar-refractivity contribution < 1.29 is 0 Å². The van der Waals surface area contributed by atoms with Crippen LogP contribution in [0, 0.1) is 6.92 Å². The third-order valence-corrected chi connectivity index (χ3v) is 7.56. The van der Waals surface area contributed by atoms with E-state index >= 15 is 0 Å².